The average molecular weight is 187 g/mol. The summed E-state index contributed by atoms with van der Waals surface area (Å²) in [4.78, 5) is 10.6. The van der Waals surface area contributed by atoms with Crippen LogP contribution in [0.5, 0.6) is 0 Å². The van der Waals surface area contributed by atoms with Gasteiger partial charge in [-0.2, -0.15) is 5.26 Å². The zero-order valence-electron chi connectivity index (χ0n) is 7.47. The molecular formula is C11H9NO2. The quantitative estimate of drug-likeness (QED) is 0.767. The van der Waals surface area contributed by atoms with Crippen molar-refractivity contribution in [1.82, 2.24) is 0 Å². The molecule has 0 spiro atoms. The molecule has 1 aromatic rings. The van der Waals surface area contributed by atoms with Gasteiger partial charge in [0.2, 0.25) is 0 Å². The van der Waals surface area contributed by atoms with Crippen molar-refractivity contribution in [1.29, 1.82) is 5.26 Å². The highest BCUT2D eigenvalue weighted by Gasteiger charge is 2.43. The van der Waals surface area contributed by atoms with E-state index in [0.29, 0.717) is 5.56 Å². The van der Waals surface area contributed by atoms with Gasteiger partial charge in [-0.15, -0.1) is 0 Å². The van der Waals surface area contributed by atoms with Crippen molar-refractivity contribution in [3.05, 3.63) is 35.4 Å². The molecule has 1 aliphatic rings. The van der Waals surface area contributed by atoms with Crippen LogP contribution in [0.15, 0.2) is 24.3 Å². The van der Waals surface area contributed by atoms with E-state index in [0.717, 1.165) is 12.0 Å². The standard InChI is InChI=1S/C11H9NO2/c12-6-7-1-3-8(4-2-7)9-5-10(9)11(13)14/h1-4,9-10H,5H2,(H,13,14)/t9-,10+/m1/s1. The second kappa shape index (κ2) is 3.15. The Morgan fingerprint density at radius 2 is 2.07 bits per heavy atom. The first-order valence-electron chi connectivity index (χ1n) is 4.45. The van der Waals surface area contributed by atoms with Crippen molar-refractivity contribution in [2.24, 2.45) is 5.92 Å². The molecular weight excluding hydrogens is 178 g/mol. The summed E-state index contributed by atoms with van der Waals surface area (Å²) in [5, 5.41) is 17.3. The van der Waals surface area contributed by atoms with Crippen LogP contribution in [0, 0.1) is 17.2 Å². The van der Waals surface area contributed by atoms with Crippen molar-refractivity contribution < 1.29 is 9.90 Å². The predicted octanol–water partition coefficient (Wildman–Crippen LogP) is 1.75. The van der Waals surface area contributed by atoms with E-state index in [4.69, 9.17) is 10.4 Å². The minimum Gasteiger partial charge on any atom is -0.481 e. The van der Waals surface area contributed by atoms with Crippen LogP contribution < -0.4 is 0 Å². The second-order valence-electron chi connectivity index (χ2n) is 3.52. The molecule has 0 heterocycles. The van der Waals surface area contributed by atoms with Crippen LogP contribution >= 0.6 is 0 Å². The number of rotatable bonds is 2. The summed E-state index contributed by atoms with van der Waals surface area (Å²) in [5.74, 6) is -0.789. The Hall–Kier alpha value is -1.82. The molecule has 2 atom stereocenters. The third-order valence-corrected chi connectivity index (χ3v) is 2.58. The first kappa shape index (κ1) is 8.76. The number of nitriles is 1. The number of aliphatic carboxylic acids is 1. The van der Waals surface area contributed by atoms with Crippen LogP contribution in [-0.2, 0) is 4.79 Å². The largest absolute Gasteiger partial charge is 0.481 e. The van der Waals surface area contributed by atoms with Crippen LogP contribution in [0.25, 0.3) is 0 Å². The molecule has 3 heteroatoms. The average Bonchev–Trinajstić information content (AvgIpc) is 2.97. The van der Waals surface area contributed by atoms with E-state index in [2.05, 4.69) is 0 Å². The first-order valence-corrected chi connectivity index (χ1v) is 4.45. The number of benzene rings is 1. The fraction of sp³-hybridized carbons (Fsp3) is 0.273. The predicted molar refractivity (Wildman–Crippen MR) is 49.6 cm³/mol. The summed E-state index contributed by atoms with van der Waals surface area (Å²) in [6, 6.07) is 9.17. The van der Waals surface area contributed by atoms with E-state index in [1.165, 1.54) is 0 Å². The Kier molecular flexibility index (Phi) is 1.97. The molecule has 0 unspecified atom stereocenters. The summed E-state index contributed by atoms with van der Waals surface area (Å²) in [6.07, 6.45) is 0.723. The Morgan fingerprint density at radius 3 is 2.50 bits per heavy atom. The molecule has 14 heavy (non-hydrogen) atoms. The van der Waals surface area contributed by atoms with Gasteiger partial charge in [0.15, 0.2) is 0 Å². The van der Waals surface area contributed by atoms with Crippen molar-refractivity contribution in [2.45, 2.75) is 12.3 Å². The van der Waals surface area contributed by atoms with E-state index >= 15 is 0 Å². The summed E-state index contributed by atoms with van der Waals surface area (Å²) < 4.78 is 0. The molecule has 2 rings (SSSR count). The smallest absolute Gasteiger partial charge is 0.307 e. The lowest BCUT2D eigenvalue weighted by atomic mass is 10.1. The molecule has 3 nitrogen and oxygen atoms in total. The van der Waals surface area contributed by atoms with Gasteiger partial charge in [0, 0.05) is 0 Å². The Bertz CT molecular complexity index is 402. The number of carbonyl (C=O) groups is 1. The first-order chi connectivity index (χ1) is 6.72. The fourth-order valence-electron chi connectivity index (χ4n) is 1.64. The molecule has 0 aliphatic heterocycles. The zero-order chi connectivity index (χ0) is 10.1. The monoisotopic (exact) mass is 187 g/mol. The van der Waals surface area contributed by atoms with Crippen LogP contribution in [0.4, 0.5) is 0 Å². The van der Waals surface area contributed by atoms with Gasteiger partial charge in [-0.25, -0.2) is 0 Å². The van der Waals surface area contributed by atoms with Crippen LogP contribution in [0.1, 0.15) is 23.5 Å². The Morgan fingerprint density at radius 1 is 1.43 bits per heavy atom. The lowest BCUT2D eigenvalue weighted by Crippen LogP contribution is -1.98. The molecule has 0 amide bonds. The highest BCUT2D eigenvalue weighted by atomic mass is 16.4. The van der Waals surface area contributed by atoms with E-state index in [1.54, 1.807) is 12.1 Å². The molecule has 70 valence electrons. The highest BCUT2D eigenvalue weighted by molar-refractivity contribution is 5.75. The van der Waals surface area contributed by atoms with Crippen molar-refractivity contribution >= 4 is 5.97 Å². The van der Waals surface area contributed by atoms with Gasteiger partial charge in [0.25, 0.3) is 0 Å². The Labute approximate surface area is 81.6 Å². The van der Waals surface area contributed by atoms with Gasteiger partial charge >= 0.3 is 5.97 Å². The summed E-state index contributed by atoms with van der Waals surface area (Å²) >= 11 is 0. The van der Waals surface area contributed by atoms with Gasteiger partial charge in [-0.05, 0) is 30.0 Å². The summed E-state index contributed by atoms with van der Waals surface area (Å²) in [5.41, 5.74) is 1.64. The van der Waals surface area contributed by atoms with Crippen molar-refractivity contribution in [3.63, 3.8) is 0 Å². The maximum atomic E-state index is 10.6. The van der Waals surface area contributed by atoms with Crippen LogP contribution in [0.2, 0.25) is 0 Å². The topological polar surface area (TPSA) is 61.1 Å². The van der Waals surface area contributed by atoms with Gasteiger partial charge in [-0.1, -0.05) is 12.1 Å². The van der Waals surface area contributed by atoms with Crippen molar-refractivity contribution in [3.8, 4) is 6.07 Å². The normalized spacial score (nSPS) is 23.9. The molecule has 1 aliphatic carbocycles. The van der Waals surface area contributed by atoms with Gasteiger partial charge in [-0.3, -0.25) is 4.79 Å². The van der Waals surface area contributed by atoms with Gasteiger partial charge in [0.1, 0.15) is 0 Å². The lowest BCUT2D eigenvalue weighted by Gasteiger charge is -1.97. The molecule has 0 bridgehead atoms. The van der Waals surface area contributed by atoms with E-state index in [1.807, 2.05) is 18.2 Å². The third-order valence-electron chi connectivity index (χ3n) is 2.58. The SMILES string of the molecule is N#Cc1ccc([C@H]2C[C@@H]2C(=O)O)cc1. The number of carboxylic acids is 1. The summed E-state index contributed by atoms with van der Waals surface area (Å²) in [6.45, 7) is 0. The molecule has 0 radical (unpaired) electrons. The highest BCUT2D eigenvalue weighted by Crippen LogP contribution is 2.47. The lowest BCUT2D eigenvalue weighted by molar-refractivity contribution is -0.138. The number of nitrogens with zero attached hydrogens (tertiary/aromatic N) is 1. The van der Waals surface area contributed by atoms with Crippen LogP contribution in [0.3, 0.4) is 0 Å². The van der Waals surface area contributed by atoms with Crippen molar-refractivity contribution in [2.75, 3.05) is 0 Å². The minimum atomic E-state index is -0.723. The van der Waals surface area contributed by atoms with Crippen LogP contribution in [-0.4, -0.2) is 11.1 Å². The van der Waals surface area contributed by atoms with E-state index in [-0.39, 0.29) is 11.8 Å². The van der Waals surface area contributed by atoms with E-state index < -0.39 is 5.97 Å². The zero-order valence-corrected chi connectivity index (χ0v) is 7.47. The minimum absolute atomic E-state index is 0.153. The second-order valence-corrected chi connectivity index (χ2v) is 3.52. The molecule has 0 saturated heterocycles. The van der Waals surface area contributed by atoms with E-state index in [9.17, 15) is 4.79 Å². The van der Waals surface area contributed by atoms with Gasteiger partial charge < -0.3 is 5.11 Å². The molecule has 1 N–H and O–H groups in total. The summed E-state index contributed by atoms with van der Waals surface area (Å²) in [7, 11) is 0. The Balaban J connectivity index is 2.13. The van der Waals surface area contributed by atoms with Gasteiger partial charge in [0.05, 0.1) is 17.6 Å². The number of carboxylic acid groups (broad SMARTS) is 1. The maximum absolute atomic E-state index is 10.6. The molecule has 1 saturated carbocycles. The molecule has 0 aromatic heterocycles. The number of hydrogen-bond donors (Lipinski definition) is 1. The number of hydrogen-bond acceptors (Lipinski definition) is 2. The third kappa shape index (κ3) is 1.47. The molecule has 1 aromatic carbocycles. The molecule has 1 fully saturated rings. The maximum Gasteiger partial charge on any atom is 0.307 e. The fourth-order valence-corrected chi connectivity index (χ4v) is 1.64.